The minimum absolute atomic E-state index is 0.0535. The monoisotopic (exact) mass is 254 g/mol. The lowest BCUT2D eigenvalue weighted by molar-refractivity contribution is 0.0963. The average Bonchev–Trinajstić information content (AvgIpc) is 2.64. The molecule has 0 saturated heterocycles. The fourth-order valence-corrected chi connectivity index (χ4v) is 2.30. The van der Waals surface area contributed by atoms with Gasteiger partial charge in [-0.25, -0.2) is 0 Å². The van der Waals surface area contributed by atoms with Gasteiger partial charge in [0.25, 0.3) is 5.91 Å². The van der Waals surface area contributed by atoms with Gasteiger partial charge in [-0.15, -0.1) is 0 Å². The van der Waals surface area contributed by atoms with E-state index in [1.807, 2.05) is 12.1 Å². The molecule has 0 fully saturated rings. The molecule has 0 atom stereocenters. The van der Waals surface area contributed by atoms with Crippen LogP contribution in [0.2, 0.25) is 0 Å². The fourth-order valence-electron chi connectivity index (χ4n) is 1.65. The van der Waals surface area contributed by atoms with Crippen molar-refractivity contribution in [1.29, 1.82) is 0 Å². The highest BCUT2D eigenvalue weighted by Crippen LogP contribution is 2.31. The van der Waals surface area contributed by atoms with E-state index in [0.717, 1.165) is 23.1 Å². The summed E-state index contributed by atoms with van der Waals surface area (Å²) >= 11 is 3.48. The summed E-state index contributed by atoms with van der Waals surface area (Å²) in [5.74, 6) is -0.0535. The van der Waals surface area contributed by atoms with Crippen molar-refractivity contribution in [2.75, 3.05) is 18.9 Å². The molecule has 1 aliphatic rings. The molecule has 2 N–H and O–H groups in total. The molecule has 0 saturated carbocycles. The summed E-state index contributed by atoms with van der Waals surface area (Å²) in [6.07, 6.45) is 1.02. The molecular formula is C10H11BrN2O. The Morgan fingerprint density at radius 2 is 2.36 bits per heavy atom. The van der Waals surface area contributed by atoms with Crippen molar-refractivity contribution < 1.29 is 4.79 Å². The predicted octanol–water partition coefficient (Wildman–Crippen LogP) is 1.78. The summed E-state index contributed by atoms with van der Waals surface area (Å²) in [7, 11) is 1.64. The van der Waals surface area contributed by atoms with E-state index in [-0.39, 0.29) is 5.91 Å². The zero-order valence-electron chi connectivity index (χ0n) is 7.86. The van der Waals surface area contributed by atoms with E-state index in [4.69, 9.17) is 0 Å². The lowest BCUT2D eigenvalue weighted by Gasteiger charge is -2.06. The molecule has 1 heterocycles. The van der Waals surface area contributed by atoms with Crippen molar-refractivity contribution >= 4 is 27.5 Å². The third kappa shape index (κ3) is 1.50. The molecule has 0 bridgehead atoms. The third-order valence-corrected chi connectivity index (χ3v) is 3.08. The molecule has 14 heavy (non-hydrogen) atoms. The summed E-state index contributed by atoms with van der Waals surface area (Å²) in [6, 6.07) is 3.76. The maximum absolute atomic E-state index is 11.4. The summed E-state index contributed by atoms with van der Waals surface area (Å²) in [6.45, 7) is 0.950. The number of halogens is 1. The van der Waals surface area contributed by atoms with E-state index in [2.05, 4.69) is 26.6 Å². The maximum atomic E-state index is 11.4. The molecule has 0 aromatic heterocycles. The third-order valence-electron chi connectivity index (χ3n) is 2.38. The van der Waals surface area contributed by atoms with Crippen molar-refractivity contribution in [1.82, 2.24) is 5.32 Å². The van der Waals surface area contributed by atoms with Gasteiger partial charge >= 0.3 is 0 Å². The summed E-state index contributed by atoms with van der Waals surface area (Å²) in [5, 5.41) is 5.86. The Balaban J connectivity index is 2.46. The largest absolute Gasteiger partial charge is 0.384 e. The van der Waals surface area contributed by atoms with Crippen molar-refractivity contribution in [3.8, 4) is 0 Å². The van der Waals surface area contributed by atoms with E-state index >= 15 is 0 Å². The van der Waals surface area contributed by atoms with E-state index in [9.17, 15) is 4.79 Å². The minimum atomic E-state index is -0.0535. The number of nitrogens with one attached hydrogen (secondary N) is 2. The molecule has 0 radical (unpaired) electrons. The molecule has 1 amide bonds. The summed E-state index contributed by atoms with van der Waals surface area (Å²) in [4.78, 5) is 11.4. The highest BCUT2D eigenvalue weighted by atomic mass is 79.9. The van der Waals surface area contributed by atoms with Crippen molar-refractivity contribution in [2.45, 2.75) is 6.42 Å². The van der Waals surface area contributed by atoms with Gasteiger partial charge in [0.15, 0.2) is 0 Å². The van der Waals surface area contributed by atoms with Crippen LogP contribution in [-0.2, 0) is 6.42 Å². The number of rotatable bonds is 1. The van der Waals surface area contributed by atoms with Gasteiger partial charge < -0.3 is 10.6 Å². The summed E-state index contributed by atoms with van der Waals surface area (Å²) in [5.41, 5.74) is 3.02. The van der Waals surface area contributed by atoms with Crippen molar-refractivity contribution in [3.05, 3.63) is 27.7 Å². The van der Waals surface area contributed by atoms with Crippen LogP contribution < -0.4 is 10.6 Å². The normalized spacial score (nSPS) is 13.3. The van der Waals surface area contributed by atoms with E-state index in [0.29, 0.717) is 5.56 Å². The molecule has 2 rings (SSSR count). The molecule has 0 aliphatic carbocycles. The lowest BCUT2D eigenvalue weighted by Crippen LogP contribution is -2.17. The molecule has 0 unspecified atom stereocenters. The molecule has 4 heteroatoms. The quantitative estimate of drug-likeness (QED) is 0.803. The fraction of sp³-hybridized carbons (Fsp3) is 0.300. The van der Waals surface area contributed by atoms with Crippen LogP contribution in [0.25, 0.3) is 0 Å². The number of amides is 1. The minimum Gasteiger partial charge on any atom is -0.384 e. The van der Waals surface area contributed by atoms with E-state index in [1.54, 1.807) is 7.05 Å². The van der Waals surface area contributed by atoms with Crippen LogP contribution in [0.5, 0.6) is 0 Å². The Morgan fingerprint density at radius 1 is 1.57 bits per heavy atom. The first kappa shape index (κ1) is 9.52. The standard InChI is InChI=1S/C10H11BrN2O/c1-12-10(14)6-4-8(11)7-2-3-13-9(7)5-6/h4-5,13H,2-3H2,1H3,(H,12,14). The van der Waals surface area contributed by atoms with Gasteiger partial charge in [0, 0.05) is 29.3 Å². The summed E-state index contributed by atoms with van der Waals surface area (Å²) < 4.78 is 1.01. The van der Waals surface area contributed by atoms with Gasteiger partial charge in [0.1, 0.15) is 0 Å². The van der Waals surface area contributed by atoms with Gasteiger partial charge in [0.2, 0.25) is 0 Å². The second kappa shape index (κ2) is 3.61. The van der Waals surface area contributed by atoms with Crippen LogP contribution in [0.15, 0.2) is 16.6 Å². The molecule has 1 aromatic carbocycles. The van der Waals surface area contributed by atoms with Crippen molar-refractivity contribution in [2.24, 2.45) is 0 Å². The number of anilines is 1. The number of benzene rings is 1. The van der Waals surface area contributed by atoms with Crippen LogP contribution in [0.4, 0.5) is 5.69 Å². The number of fused-ring (bicyclic) bond motifs is 1. The van der Waals surface area contributed by atoms with Gasteiger partial charge in [0.05, 0.1) is 0 Å². The van der Waals surface area contributed by atoms with Crippen LogP contribution >= 0.6 is 15.9 Å². The Bertz CT molecular complexity index is 390. The van der Waals surface area contributed by atoms with Gasteiger partial charge in [-0.2, -0.15) is 0 Å². The Hall–Kier alpha value is -1.03. The Labute approximate surface area is 91.0 Å². The molecular weight excluding hydrogens is 244 g/mol. The van der Waals surface area contributed by atoms with E-state index in [1.165, 1.54) is 5.56 Å². The van der Waals surface area contributed by atoms with Gasteiger partial charge in [-0.05, 0) is 24.1 Å². The maximum Gasteiger partial charge on any atom is 0.251 e. The topological polar surface area (TPSA) is 41.1 Å². The van der Waals surface area contributed by atoms with Gasteiger partial charge in [-0.3, -0.25) is 4.79 Å². The number of carbonyl (C=O) groups excluding carboxylic acids is 1. The zero-order chi connectivity index (χ0) is 10.1. The average molecular weight is 255 g/mol. The Morgan fingerprint density at radius 3 is 3.07 bits per heavy atom. The smallest absolute Gasteiger partial charge is 0.251 e. The van der Waals surface area contributed by atoms with Crippen LogP contribution in [0.1, 0.15) is 15.9 Å². The highest BCUT2D eigenvalue weighted by Gasteiger charge is 2.16. The molecule has 1 aromatic rings. The number of hydrogen-bond acceptors (Lipinski definition) is 2. The van der Waals surface area contributed by atoms with Crippen LogP contribution in [0.3, 0.4) is 0 Å². The van der Waals surface area contributed by atoms with Crippen molar-refractivity contribution in [3.63, 3.8) is 0 Å². The SMILES string of the molecule is CNC(=O)c1cc(Br)c2c(c1)NCC2. The molecule has 3 nitrogen and oxygen atoms in total. The first-order chi connectivity index (χ1) is 6.72. The molecule has 74 valence electrons. The first-order valence-electron chi connectivity index (χ1n) is 4.50. The van der Waals surface area contributed by atoms with Crippen LogP contribution in [-0.4, -0.2) is 19.5 Å². The first-order valence-corrected chi connectivity index (χ1v) is 5.30. The van der Waals surface area contributed by atoms with E-state index < -0.39 is 0 Å². The number of carbonyl (C=O) groups is 1. The predicted molar refractivity (Wildman–Crippen MR) is 59.7 cm³/mol. The highest BCUT2D eigenvalue weighted by molar-refractivity contribution is 9.10. The Kier molecular flexibility index (Phi) is 2.46. The van der Waals surface area contributed by atoms with Gasteiger partial charge in [-0.1, -0.05) is 15.9 Å². The molecule has 0 spiro atoms. The lowest BCUT2D eigenvalue weighted by atomic mass is 10.1. The zero-order valence-corrected chi connectivity index (χ0v) is 9.44. The molecule has 1 aliphatic heterocycles. The second-order valence-electron chi connectivity index (χ2n) is 3.24. The second-order valence-corrected chi connectivity index (χ2v) is 4.09. The number of hydrogen-bond donors (Lipinski definition) is 2. The van der Waals surface area contributed by atoms with Crippen LogP contribution in [0, 0.1) is 0 Å².